The SMILES string of the molecule is COC(=O)c1ccc(-c2nc(NCc3cccc([N+](=O)[O-])c3)c3c(Cl)c(C)sc3n2)cc1. The first kappa shape index (κ1) is 21.7. The lowest BCUT2D eigenvalue weighted by Crippen LogP contribution is -2.04. The van der Waals surface area contributed by atoms with E-state index in [0.29, 0.717) is 34.2 Å². The summed E-state index contributed by atoms with van der Waals surface area (Å²) in [4.78, 5) is 33.3. The van der Waals surface area contributed by atoms with Gasteiger partial charge in [-0.05, 0) is 24.6 Å². The largest absolute Gasteiger partial charge is 0.465 e. The van der Waals surface area contributed by atoms with E-state index in [0.717, 1.165) is 20.8 Å². The summed E-state index contributed by atoms with van der Waals surface area (Å²) in [6, 6.07) is 13.2. The quantitative estimate of drug-likeness (QED) is 0.222. The number of methoxy groups -OCH3 is 1. The number of rotatable bonds is 6. The van der Waals surface area contributed by atoms with Gasteiger partial charge >= 0.3 is 5.97 Å². The van der Waals surface area contributed by atoms with Crippen LogP contribution in [-0.4, -0.2) is 28.0 Å². The molecule has 4 aromatic rings. The molecule has 2 aromatic heterocycles. The van der Waals surface area contributed by atoms with E-state index in [1.807, 2.05) is 6.92 Å². The van der Waals surface area contributed by atoms with Gasteiger partial charge in [0.1, 0.15) is 10.6 Å². The normalized spacial score (nSPS) is 10.8. The molecule has 0 spiro atoms. The zero-order chi connectivity index (χ0) is 22.8. The first-order valence-corrected chi connectivity index (χ1v) is 10.7. The number of thiophene rings is 1. The number of carbonyl (C=O) groups excluding carboxylic acids is 1. The molecule has 0 radical (unpaired) electrons. The number of non-ortho nitro benzene ring substituents is 1. The lowest BCUT2D eigenvalue weighted by atomic mass is 10.1. The van der Waals surface area contributed by atoms with Gasteiger partial charge in [0.05, 0.1) is 28.0 Å². The van der Waals surface area contributed by atoms with E-state index in [1.54, 1.807) is 36.4 Å². The monoisotopic (exact) mass is 468 g/mol. The number of anilines is 1. The highest BCUT2D eigenvalue weighted by molar-refractivity contribution is 7.19. The van der Waals surface area contributed by atoms with Crippen LogP contribution in [0.2, 0.25) is 5.02 Å². The molecule has 162 valence electrons. The van der Waals surface area contributed by atoms with Crippen LogP contribution in [0, 0.1) is 17.0 Å². The van der Waals surface area contributed by atoms with E-state index in [-0.39, 0.29) is 5.69 Å². The molecule has 8 nitrogen and oxygen atoms in total. The van der Waals surface area contributed by atoms with Gasteiger partial charge in [0.2, 0.25) is 0 Å². The fraction of sp³-hybridized carbons (Fsp3) is 0.136. The van der Waals surface area contributed by atoms with Gasteiger partial charge in [-0.2, -0.15) is 0 Å². The van der Waals surface area contributed by atoms with Crippen molar-refractivity contribution in [1.82, 2.24) is 9.97 Å². The summed E-state index contributed by atoms with van der Waals surface area (Å²) in [7, 11) is 1.33. The molecule has 0 fully saturated rings. The minimum Gasteiger partial charge on any atom is -0.465 e. The molecule has 2 heterocycles. The number of hydrogen-bond acceptors (Lipinski definition) is 8. The zero-order valence-electron chi connectivity index (χ0n) is 17.1. The van der Waals surface area contributed by atoms with Gasteiger partial charge in [0.15, 0.2) is 5.82 Å². The molecule has 0 bridgehead atoms. The van der Waals surface area contributed by atoms with Crippen molar-refractivity contribution >= 4 is 50.6 Å². The van der Waals surface area contributed by atoms with E-state index in [1.165, 1.54) is 30.6 Å². The highest BCUT2D eigenvalue weighted by Crippen LogP contribution is 2.38. The number of aryl methyl sites for hydroxylation is 1. The molecule has 1 N–H and O–H groups in total. The molecular weight excluding hydrogens is 452 g/mol. The number of benzene rings is 2. The second-order valence-corrected chi connectivity index (χ2v) is 8.48. The molecule has 4 rings (SSSR count). The smallest absolute Gasteiger partial charge is 0.337 e. The van der Waals surface area contributed by atoms with Gasteiger partial charge in [-0.25, -0.2) is 14.8 Å². The van der Waals surface area contributed by atoms with Gasteiger partial charge in [-0.3, -0.25) is 10.1 Å². The van der Waals surface area contributed by atoms with Crippen LogP contribution in [-0.2, 0) is 11.3 Å². The summed E-state index contributed by atoms with van der Waals surface area (Å²) in [5, 5.41) is 15.6. The fourth-order valence-corrected chi connectivity index (χ4v) is 4.44. The Balaban J connectivity index is 1.72. The van der Waals surface area contributed by atoms with Crippen molar-refractivity contribution in [2.45, 2.75) is 13.5 Å². The maximum Gasteiger partial charge on any atom is 0.337 e. The number of hydrogen-bond donors (Lipinski definition) is 1. The van der Waals surface area contributed by atoms with E-state index in [4.69, 9.17) is 16.3 Å². The molecule has 32 heavy (non-hydrogen) atoms. The van der Waals surface area contributed by atoms with E-state index >= 15 is 0 Å². The maximum absolute atomic E-state index is 11.7. The van der Waals surface area contributed by atoms with Gasteiger partial charge in [-0.1, -0.05) is 35.9 Å². The molecule has 0 saturated carbocycles. The Morgan fingerprint density at radius 2 is 1.97 bits per heavy atom. The van der Waals surface area contributed by atoms with Crippen LogP contribution in [0.3, 0.4) is 0 Å². The highest BCUT2D eigenvalue weighted by Gasteiger charge is 2.17. The Morgan fingerprint density at radius 3 is 2.66 bits per heavy atom. The number of esters is 1. The predicted octanol–water partition coefficient (Wildman–Crippen LogP) is 5.63. The van der Waals surface area contributed by atoms with Crippen LogP contribution < -0.4 is 5.32 Å². The summed E-state index contributed by atoms with van der Waals surface area (Å²) in [6.07, 6.45) is 0. The molecule has 0 amide bonds. The molecule has 0 unspecified atom stereocenters. The number of nitrogens with one attached hydrogen (secondary N) is 1. The van der Waals surface area contributed by atoms with Gasteiger partial charge < -0.3 is 10.1 Å². The van der Waals surface area contributed by atoms with Crippen molar-refractivity contribution in [2.24, 2.45) is 0 Å². The molecule has 0 saturated heterocycles. The first-order valence-electron chi connectivity index (χ1n) is 9.50. The van der Waals surface area contributed by atoms with E-state index in [9.17, 15) is 14.9 Å². The molecular formula is C22H17ClN4O4S. The number of nitrogens with zero attached hydrogens (tertiary/aromatic N) is 3. The maximum atomic E-state index is 11.7. The van der Waals surface area contributed by atoms with Crippen LogP contribution in [0.5, 0.6) is 0 Å². The highest BCUT2D eigenvalue weighted by atomic mass is 35.5. The average molecular weight is 469 g/mol. The molecule has 10 heteroatoms. The van der Waals surface area contributed by atoms with Crippen molar-refractivity contribution in [3.63, 3.8) is 0 Å². The summed E-state index contributed by atoms with van der Waals surface area (Å²) in [5.41, 5.74) is 1.91. The van der Waals surface area contributed by atoms with Crippen molar-refractivity contribution < 1.29 is 14.5 Å². The van der Waals surface area contributed by atoms with Crippen molar-refractivity contribution in [3.8, 4) is 11.4 Å². The third kappa shape index (κ3) is 4.25. The Hall–Kier alpha value is -3.56. The number of nitro benzene ring substituents is 1. The summed E-state index contributed by atoms with van der Waals surface area (Å²) >= 11 is 7.97. The van der Waals surface area contributed by atoms with Crippen molar-refractivity contribution in [1.29, 1.82) is 0 Å². The number of nitro groups is 1. The second-order valence-electron chi connectivity index (χ2n) is 6.90. The Labute approximate surface area is 192 Å². The molecule has 0 aliphatic heterocycles. The lowest BCUT2D eigenvalue weighted by Gasteiger charge is -2.10. The number of fused-ring (bicyclic) bond motifs is 1. The van der Waals surface area contributed by atoms with Crippen LogP contribution in [0.15, 0.2) is 48.5 Å². The fourth-order valence-electron chi connectivity index (χ4n) is 3.17. The van der Waals surface area contributed by atoms with Gasteiger partial charge in [-0.15, -0.1) is 11.3 Å². The minimum atomic E-state index is -0.429. The second kappa shape index (κ2) is 8.89. The van der Waals surface area contributed by atoms with Gasteiger partial charge in [0.25, 0.3) is 5.69 Å². The Kier molecular flexibility index (Phi) is 6.02. The third-order valence-electron chi connectivity index (χ3n) is 4.80. The first-order chi connectivity index (χ1) is 15.4. The summed E-state index contributed by atoms with van der Waals surface area (Å²) < 4.78 is 4.74. The third-order valence-corrected chi connectivity index (χ3v) is 6.38. The van der Waals surface area contributed by atoms with Crippen LogP contribution >= 0.6 is 22.9 Å². The molecule has 2 aromatic carbocycles. The number of ether oxygens (including phenoxy) is 1. The minimum absolute atomic E-state index is 0.0212. The predicted molar refractivity (Wildman–Crippen MR) is 124 cm³/mol. The van der Waals surface area contributed by atoms with Gasteiger partial charge in [0, 0.05) is 29.1 Å². The van der Waals surface area contributed by atoms with Crippen LogP contribution in [0.1, 0.15) is 20.8 Å². The Bertz CT molecular complexity index is 1340. The summed E-state index contributed by atoms with van der Waals surface area (Å²) in [6.45, 7) is 2.23. The lowest BCUT2D eigenvalue weighted by molar-refractivity contribution is -0.384. The van der Waals surface area contributed by atoms with Crippen molar-refractivity contribution in [2.75, 3.05) is 12.4 Å². The summed E-state index contributed by atoms with van der Waals surface area (Å²) in [5.74, 6) is 0.573. The molecule has 0 aliphatic rings. The van der Waals surface area contributed by atoms with E-state index in [2.05, 4.69) is 15.3 Å². The van der Waals surface area contributed by atoms with Crippen molar-refractivity contribution in [3.05, 3.63) is 79.7 Å². The average Bonchev–Trinajstić information content (AvgIpc) is 3.10. The molecule has 0 aliphatic carbocycles. The number of aromatic nitrogens is 2. The standard InChI is InChI=1S/C22H17ClN4O4S/c1-12-18(23)17-20(24-11-13-4-3-5-16(10-13)27(29)30)25-19(26-21(17)32-12)14-6-8-15(9-7-14)22(28)31-2/h3-10H,11H2,1-2H3,(H,24,25,26). The van der Waals surface area contributed by atoms with E-state index < -0.39 is 10.9 Å². The Morgan fingerprint density at radius 1 is 1.22 bits per heavy atom. The van der Waals surface area contributed by atoms with Crippen LogP contribution in [0.4, 0.5) is 11.5 Å². The number of halogens is 1. The molecule has 0 atom stereocenters. The topological polar surface area (TPSA) is 107 Å². The van der Waals surface area contributed by atoms with Crippen LogP contribution in [0.25, 0.3) is 21.6 Å². The zero-order valence-corrected chi connectivity index (χ0v) is 18.7. The number of carbonyl (C=O) groups is 1.